The second kappa shape index (κ2) is 3.43. The van der Waals surface area contributed by atoms with Crippen molar-refractivity contribution in [2.75, 3.05) is 0 Å². The number of hydrogen-bond acceptors (Lipinski definition) is 2. The number of nitrogens with two attached hydrogens (primary N) is 1. The second-order valence-corrected chi connectivity index (χ2v) is 4.57. The molecule has 1 fully saturated rings. The normalized spacial score (nSPS) is 38.0. The summed E-state index contributed by atoms with van der Waals surface area (Å²) in [6, 6.07) is 0. The van der Waals surface area contributed by atoms with E-state index in [1.54, 1.807) is 0 Å². The van der Waals surface area contributed by atoms with Crippen LogP contribution in [-0.4, -0.2) is 16.7 Å². The predicted octanol–water partition coefficient (Wildman–Crippen LogP) is 1.58. The van der Waals surface area contributed by atoms with E-state index in [1.165, 1.54) is 12.8 Å². The molecule has 0 spiro atoms. The van der Waals surface area contributed by atoms with Crippen molar-refractivity contribution >= 4 is 0 Å². The maximum Gasteiger partial charge on any atom is 0.0586 e. The van der Waals surface area contributed by atoms with Crippen LogP contribution in [0.1, 0.15) is 38.5 Å². The summed E-state index contributed by atoms with van der Waals surface area (Å²) >= 11 is 0. The first-order valence-electron chi connectivity index (χ1n) is 5.34. The maximum absolute atomic E-state index is 9.89. The van der Waals surface area contributed by atoms with Gasteiger partial charge in [-0.2, -0.15) is 0 Å². The smallest absolute Gasteiger partial charge is 0.0586 e. The molecular formula is C11H19NO. The third-order valence-corrected chi connectivity index (χ3v) is 3.63. The molecule has 2 atom stereocenters. The van der Waals surface area contributed by atoms with Gasteiger partial charge < -0.3 is 10.8 Å². The first kappa shape index (κ1) is 9.22. The minimum atomic E-state index is -0.154. The van der Waals surface area contributed by atoms with E-state index < -0.39 is 0 Å². The Morgan fingerprint density at radius 2 is 1.77 bits per heavy atom. The predicted molar refractivity (Wildman–Crippen MR) is 53.3 cm³/mol. The van der Waals surface area contributed by atoms with Crippen molar-refractivity contribution in [1.82, 2.24) is 0 Å². The number of aliphatic hydroxyl groups is 1. The van der Waals surface area contributed by atoms with Gasteiger partial charge in [0.1, 0.15) is 0 Å². The fourth-order valence-electron chi connectivity index (χ4n) is 2.77. The van der Waals surface area contributed by atoms with Crippen LogP contribution in [0.2, 0.25) is 0 Å². The van der Waals surface area contributed by atoms with E-state index in [0.29, 0.717) is 5.92 Å². The van der Waals surface area contributed by atoms with Gasteiger partial charge in [-0.1, -0.05) is 25.0 Å². The molecule has 2 heteroatoms. The highest BCUT2D eigenvalue weighted by Gasteiger charge is 2.40. The van der Waals surface area contributed by atoms with E-state index in [2.05, 4.69) is 12.2 Å². The van der Waals surface area contributed by atoms with Crippen LogP contribution in [0, 0.1) is 5.92 Å². The van der Waals surface area contributed by atoms with Gasteiger partial charge in [-0.3, -0.25) is 0 Å². The quantitative estimate of drug-likeness (QED) is 0.603. The molecule has 2 aliphatic carbocycles. The van der Waals surface area contributed by atoms with E-state index in [-0.39, 0.29) is 11.6 Å². The Morgan fingerprint density at radius 3 is 2.38 bits per heavy atom. The molecule has 3 N–H and O–H groups in total. The van der Waals surface area contributed by atoms with Crippen molar-refractivity contribution in [3.05, 3.63) is 12.2 Å². The Kier molecular flexibility index (Phi) is 2.43. The zero-order valence-corrected chi connectivity index (χ0v) is 8.08. The molecule has 0 bridgehead atoms. The SMILES string of the molecule is NC1(C2CCCCC2O)CC=CC1. The fourth-order valence-corrected chi connectivity index (χ4v) is 2.77. The van der Waals surface area contributed by atoms with Crippen LogP contribution in [0.3, 0.4) is 0 Å². The molecule has 0 radical (unpaired) electrons. The molecule has 2 rings (SSSR count). The highest BCUT2D eigenvalue weighted by molar-refractivity contribution is 5.11. The van der Waals surface area contributed by atoms with Crippen LogP contribution >= 0.6 is 0 Å². The monoisotopic (exact) mass is 181 g/mol. The molecule has 0 aromatic rings. The van der Waals surface area contributed by atoms with Crippen LogP contribution in [0.15, 0.2) is 12.2 Å². The Bertz CT molecular complexity index is 204. The molecule has 0 heterocycles. The molecule has 2 nitrogen and oxygen atoms in total. The highest BCUT2D eigenvalue weighted by atomic mass is 16.3. The molecule has 2 unspecified atom stereocenters. The van der Waals surface area contributed by atoms with Crippen LogP contribution in [0.4, 0.5) is 0 Å². The Labute approximate surface area is 79.8 Å². The summed E-state index contributed by atoms with van der Waals surface area (Å²) in [4.78, 5) is 0. The Morgan fingerprint density at radius 1 is 1.15 bits per heavy atom. The second-order valence-electron chi connectivity index (χ2n) is 4.57. The van der Waals surface area contributed by atoms with Gasteiger partial charge in [0.15, 0.2) is 0 Å². The highest BCUT2D eigenvalue weighted by Crippen LogP contribution is 2.38. The van der Waals surface area contributed by atoms with Gasteiger partial charge >= 0.3 is 0 Å². The van der Waals surface area contributed by atoms with Crippen molar-refractivity contribution < 1.29 is 5.11 Å². The van der Waals surface area contributed by atoms with Gasteiger partial charge in [0, 0.05) is 11.5 Å². The van der Waals surface area contributed by atoms with Gasteiger partial charge in [0.05, 0.1) is 6.10 Å². The summed E-state index contributed by atoms with van der Waals surface area (Å²) in [5.41, 5.74) is 6.18. The molecule has 0 aromatic carbocycles. The van der Waals surface area contributed by atoms with Crippen molar-refractivity contribution in [2.24, 2.45) is 11.7 Å². The van der Waals surface area contributed by atoms with Gasteiger partial charge in [-0.15, -0.1) is 0 Å². The van der Waals surface area contributed by atoms with E-state index in [4.69, 9.17) is 5.73 Å². The van der Waals surface area contributed by atoms with Gasteiger partial charge in [0.25, 0.3) is 0 Å². The zero-order valence-electron chi connectivity index (χ0n) is 8.08. The van der Waals surface area contributed by atoms with Crippen LogP contribution < -0.4 is 5.73 Å². The Hall–Kier alpha value is -0.340. The van der Waals surface area contributed by atoms with Crippen molar-refractivity contribution in [3.8, 4) is 0 Å². The molecule has 74 valence electrons. The number of rotatable bonds is 1. The lowest BCUT2D eigenvalue weighted by atomic mass is 9.72. The van der Waals surface area contributed by atoms with E-state index in [1.807, 2.05) is 0 Å². The summed E-state index contributed by atoms with van der Waals surface area (Å²) in [5.74, 6) is 0.330. The minimum Gasteiger partial charge on any atom is -0.393 e. The van der Waals surface area contributed by atoms with E-state index >= 15 is 0 Å². The van der Waals surface area contributed by atoms with Crippen molar-refractivity contribution in [3.63, 3.8) is 0 Å². The van der Waals surface area contributed by atoms with Crippen molar-refractivity contribution in [2.45, 2.75) is 50.2 Å². The zero-order chi connectivity index (χ0) is 9.31. The summed E-state index contributed by atoms with van der Waals surface area (Å²) in [6.07, 6.45) is 10.5. The third kappa shape index (κ3) is 1.65. The summed E-state index contributed by atoms with van der Waals surface area (Å²) < 4.78 is 0. The van der Waals surface area contributed by atoms with Gasteiger partial charge in [-0.05, 0) is 25.7 Å². The standard InChI is InChI=1S/C11H19NO/c12-11(7-3-4-8-11)9-5-1-2-6-10(9)13/h3-4,9-10,13H,1-2,5-8,12H2. The van der Waals surface area contributed by atoms with Crippen LogP contribution in [0.25, 0.3) is 0 Å². The third-order valence-electron chi connectivity index (χ3n) is 3.63. The summed E-state index contributed by atoms with van der Waals surface area (Å²) in [7, 11) is 0. The molecule has 0 amide bonds. The van der Waals surface area contributed by atoms with E-state index in [9.17, 15) is 5.11 Å². The first-order chi connectivity index (χ1) is 6.22. The fraction of sp³-hybridized carbons (Fsp3) is 0.818. The molecule has 2 aliphatic rings. The first-order valence-corrected chi connectivity index (χ1v) is 5.34. The molecule has 1 saturated carbocycles. The summed E-state index contributed by atoms with van der Waals surface area (Å²) in [6.45, 7) is 0. The topological polar surface area (TPSA) is 46.2 Å². The number of hydrogen-bond donors (Lipinski definition) is 2. The Balaban J connectivity index is 2.05. The van der Waals surface area contributed by atoms with Gasteiger partial charge in [-0.25, -0.2) is 0 Å². The van der Waals surface area contributed by atoms with Crippen molar-refractivity contribution in [1.29, 1.82) is 0 Å². The lowest BCUT2D eigenvalue weighted by molar-refractivity contribution is 0.0278. The van der Waals surface area contributed by atoms with Gasteiger partial charge in [0.2, 0.25) is 0 Å². The minimum absolute atomic E-state index is 0.125. The molecule has 0 saturated heterocycles. The number of aliphatic hydroxyl groups excluding tert-OH is 1. The lowest BCUT2D eigenvalue weighted by Gasteiger charge is -2.39. The van der Waals surface area contributed by atoms with Crippen LogP contribution in [0.5, 0.6) is 0 Å². The molecule has 13 heavy (non-hydrogen) atoms. The lowest BCUT2D eigenvalue weighted by Crippen LogP contribution is -2.50. The average molecular weight is 181 g/mol. The average Bonchev–Trinajstić information content (AvgIpc) is 2.54. The maximum atomic E-state index is 9.89. The molecule has 0 aromatic heterocycles. The summed E-state index contributed by atoms with van der Waals surface area (Å²) in [5, 5.41) is 9.89. The largest absolute Gasteiger partial charge is 0.393 e. The van der Waals surface area contributed by atoms with Crippen LogP contribution in [-0.2, 0) is 0 Å². The van der Waals surface area contributed by atoms with E-state index in [0.717, 1.165) is 25.7 Å². The molecule has 0 aliphatic heterocycles. The molecular weight excluding hydrogens is 162 g/mol.